The molecule has 0 amide bonds. The summed E-state index contributed by atoms with van der Waals surface area (Å²) in [6, 6.07) is 4.99. The second kappa shape index (κ2) is 8.44. The predicted molar refractivity (Wildman–Crippen MR) is 95.9 cm³/mol. The van der Waals surface area contributed by atoms with Gasteiger partial charge in [-0.1, -0.05) is 0 Å². The van der Waals surface area contributed by atoms with E-state index >= 15 is 0 Å². The molecular formula is C18H29N5O. The summed E-state index contributed by atoms with van der Waals surface area (Å²) < 4.78 is 0. The van der Waals surface area contributed by atoms with E-state index in [1.54, 1.807) is 12.4 Å². The van der Waals surface area contributed by atoms with Crippen molar-refractivity contribution in [2.75, 3.05) is 26.2 Å². The lowest BCUT2D eigenvalue weighted by Crippen LogP contribution is -2.49. The molecule has 1 aliphatic carbocycles. The first-order chi connectivity index (χ1) is 11.8. The van der Waals surface area contributed by atoms with E-state index < -0.39 is 6.10 Å². The summed E-state index contributed by atoms with van der Waals surface area (Å²) in [4.78, 5) is 11.2. The first kappa shape index (κ1) is 17.2. The Morgan fingerprint density at radius 3 is 2.62 bits per heavy atom. The summed E-state index contributed by atoms with van der Waals surface area (Å²) in [6.45, 7) is 5.59. The van der Waals surface area contributed by atoms with E-state index in [2.05, 4.69) is 32.4 Å². The summed E-state index contributed by atoms with van der Waals surface area (Å²) in [5, 5.41) is 17.1. The van der Waals surface area contributed by atoms with Gasteiger partial charge in [0.25, 0.3) is 0 Å². The highest BCUT2D eigenvalue weighted by Crippen LogP contribution is 2.29. The first-order valence-electron chi connectivity index (χ1n) is 9.13. The van der Waals surface area contributed by atoms with Crippen LogP contribution in [0.5, 0.6) is 0 Å². The Balaban J connectivity index is 1.50. The zero-order valence-electron chi connectivity index (χ0n) is 14.5. The molecule has 2 aliphatic rings. The molecule has 0 aromatic carbocycles. The maximum absolute atomic E-state index is 10.2. The summed E-state index contributed by atoms with van der Waals surface area (Å²) in [7, 11) is 0. The average molecular weight is 331 g/mol. The topological polar surface area (TPSA) is 72.8 Å². The largest absolute Gasteiger partial charge is 0.386 e. The van der Waals surface area contributed by atoms with Crippen LogP contribution in [0.4, 0.5) is 0 Å². The Labute approximate surface area is 144 Å². The zero-order valence-corrected chi connectivity index (χ0v) is 14.5. The number of rotatable bonds is 6. The van der Waals surface area contributed by atoms with Gasteiger partial charge in [0.2, 0.25) is 0 Å². The molecule has 1 aromatic heterocycles. The lowest BCUT2D eigenvalue weighted by atomic mass is 10.1. The van der Waals surface area contributed by atoms with Crippen molar-refractivity contribution in [3.8, 4) is 0 Å². The minimum atomic E-state index is -0.597. The minimum absolute atomic E-state index is 0.347. The number of nitrogens with zero attached hydrogens (tertiary/aromatic N) is 3. The minimum Gasteiger partial charge on any atom is -0.386 e. The van der Waals surface area contributed by atoms with Gasteiger partial charge in [-0.25, -0.2) is 0 Å². The van der Waals surface area contributed by atoms with Crippen LogP contribution in [0.1, 0.15) is 44.3 Å². The molecule has 1 aliphatic heterocycles. The molecular weight excluding hydrogens is 302 g/mol. The number of aromatic nitrogens is 1. The Morgan fingerprint density at radius 1 is 1.29 bits per heavy atom. The van der Waals surface area contributed by atoms with Crippen molar-refractivity contribution in [3.63, 3.8) is 0 Å². The highest BCUT2D eigenvalue weighted by molar-refractivity contribution is 5.80. The molecule has 1 unspecified atom stereocenters. The van der Waals surface area contributed by atoms with Gasteiger partial charge < -0.3 is 20.6 Å². The van der Waals surface area contributed by atoms with Gasteiger partial charge in [0.1, 0.15) is 0 Å². The van der Waals surface area contributed by atoms with Crippen LogP contribution < -0.4 is 10.6 Å². The summed E-state index contributed by atoms with van der Waals surface area (Å²) in [5.41, 5.74) is 0.849. The van der Waals surface area contributed by atoms with E-state index in [9.17, 15) is 5.11 Å². The maximum atomic E-state index is 10.2. The molecule has 1 saturated carbocycles. The van der Waals surface area contributed by atoms with Crippen molar-refractivity contribution in [2.45, 2.75) is 50.8 Å². The molecule has 6 nitrogen and oxygen atoms in total. The lowest BCUT2D eigenvalue weighted by Gasteiger charge is -2.33. The van der Waals surface area contributed by atoms with E-state index in [4.69, 9.17) is 0 Å². The highest BCUT2D eigenvalue weighted by atomic mass is 16.3. The predicted octanol–water partition coefficient (Wildman–Crippen LogP) is 1.30. The number of aliphatic hydroxyl groups is 1. The van der Waals surface area contributed by atoms with Crippen molar-refractivity contribution in [1.29, 1.82) is 0 Å². The number of guanidine groups is 1. The number of aliphatic imine (C=N–C) groups is 1. The molecule has 6 heteroatoms. The molecule has 3 N–H and O–H groups in total. The normalized spacial score (nSPS) is 21.5. The molecule has 2 heterocycles. The van der Waals surface area contributed by atoms with Gasteiger partial charge in [-0.3, -0.25) is 9.98 Å². The van der Waals surface area contributed by atoms with Crippen molar-refractivity contribution in [3.05, 3.63) is 30.1 Å². The molecule has 1 atom stereocenters. The highest BCUT2D eigenvalue weighted by Gasteiger charge is 2.31. The van der Waals surface area contributed by atoms with Gasteiger partial charge in [-0.15, -0.1) is 0 Å². The average Bonchev–Trinajstić information content (AvgIpc) is 3.46. The molecule has 2 fully saturated rings. The van der Waals surface area contributed by atoms with E-state index in [1.807, 2.05) is 12.1 Å². The van der Waals surface area contributed by atoms with Crippen molar-refractivity contribution in [1.82, 2.24) is 20.5 Å². The van der Waals surface area contributed by atoms with E-state index in [-0.39, 0.29) is 0 Å². The van der Waals surface area contributed by atoms with Gasteiger partial charge in [0.05, 0.1) is 12.6 Å². The Bertz CT molecular complexity index is 523. The third-order valence-corrected chi connectivity index (χ3v) is 4.79. The molecule has 0 bridgehead atoms. The van der Waals surface area contributed by atoms with Crippen LogP contribution in [0.15, 0.2) is 29.5 Å². The number of hydrogen-bond donors (Lipinski definition) is 3. The Kier molecular flexibility index (Phi) is 6.04. The Morgan fingerprint density at radius 2 is 2.00 bits per heavy atom. The SMILES string of the molecule is CCNC(=NCC(O)c1ccncc1)NC1CCN(C2CC2)CC1. The summed E-state index contributed by atoms with van der Waals surface area (Å²) >= 11 is 0. The summed E-state index contributed by atoms with van der Waals surface area (Å²) in [6.07, 6.45) is 7.88. The van der Waals surface area contributed by atoms with Gasteiger partial charge in [-0.2, -0.15) is 0 Å². The molecule has 3 rings (SSSR count). The van der Waals surface area contributed by atoms with Gasteiger partial charge in [-0.05, 0) is 50.3 Å². The number of piperidine rings is 1. The monoisotopic (exact) mass is 331 g/mol. The molecule has 1 saturated heterocycles. The van der Waals surface area contributed by atoms with Gasteiger partial charge >= 0.3 is 0 Å². The fraction of sp³-hybridized carbons (Fsp3) is 0.667. The van der Waals surface area contributed by atoms with Crippen LogP contribution in [0.3, 0.4) is 0 Å². The van der Waals surface area contributed by atoms with E-state index in [0.717, 1.165) is 37.0 Å². The van der Waals surface area contributed by atoms with Gasteiger partial charge in [0, 0.05) is 44.1 Å². The van der Waals surface area contributed by atoms with Crippen LogP contribution in [0, 0.1) is 0 Å². The summed E-state index contributed by atoms with van der Waals surface area (Å²) in [5.74, 6) is 0.801. The smallest absolute Gasteiger partial charge is 0.191 e. The van der Waals surface area contributed by atoms with Crippen molar-refractivity contribution < 1.29 is 5.11 Å². The molecule has 24 heavy (non-hydrogen) atoms. The van der Waals surface area contributed by atoms with E-state index in [0.29, 0.717) is 12.6 Å². The number of pyridine rings is 1. The fourth-order valence-electron chi connectivity index (χ4n) is 3.23. The van der Waals surface area contributed by atoms with Crippen LogP contribution in [-0.4, -0.2) is 59.2 Å². The molecule has 0 spiro atoms. The third-order valence-electron chi connectivity index (χ3n) is 4.79. The Hall–Kier alpha value is -1.66. The number of likely N-dealkylation sites (tertiary alicyclic amines) is 1. The fourth-order valence-corrected chi connectivity index (χ4v) is 3.23. The number of aliphatic hydroxyl groups excluding tert-OH is 1. The quantitative estimate of drug-likeness (QED) is 0.541. The number of nitrogens with one attached hydrogen (secondary N) is 2. The van der Waals surface area contributed by atoms with Gasteiger partial charge in [0.15, 0.2) is 5.96 Å². The zero-order chi connectivity index (χ0) is 16.8. The standard InChI is InChI=1S/C18H29N5O/c1-2-20-18(21-13-17(24)14-5-9-19-10-6-14)22-15-7-11-23(12-8-15)16-3-4-16/h5-6,9-10,15-17,24H,2-4,7-8,11-13H2,1H3,(H2,20,21,22). The van der Waals surface area contributed by atoms with Crippen LogP contribution in [0.2, 0.25) is 0 Å². The van der Waals surface area contributed by atoms with Crippen LogP contribution in [0.25, 0.3) is 0 Å². The molecule has 132 valence electrons. The maximum Gasteiger partial charge on any atom is 0.191 e. The number of hydrogen-bond acceptors (Lipinski definition) is 4. The van der Waals surface area contributed by atoms with Crippen LogP contribution in [-0.2, 0) is 0 Å². The lowest BCUT2D eigenvalue weighted by molar-refractivity contribution is 0.186. The molecule has 0 radical (unpaired) electrons. The van der Waals surface area contributed by atoms with E-state index in [1.165, 1.54) is 25.9 Å². The molecule has 1 aromatic rings. The van der Waals surface area contributed by atoms with Crippen molar-refractivity contribution >= 4 is 5.96 Å². The van der Waals surface area contributed by atoms with Crippen molar-refractivity contribution in [2.24, 2.45) is 4.99 Å². The van der Waals surface area contributed by atoms with Crippen LogP contribution >= 0.6 is 0 Å². The first-order valence-corrected chi connectivity index (χ1v) is 9.13. The second-order valence-corrected chi connectivity index (χ2v) is 6.70. The second-order valence-electron chi connectivity index (χ2n) is 6.70. The third kappa shape index (κ3) is 4.92.